The fourth-order valence-electron chi connectivity index (χ4n) is 4.62. The van der Waals surface area contributed by atoms with Gasteiger partial charge >= 0.3 is 0 Å². The first-order chi connectivity index (χ1) is 10.2. The van der Waals surface area contributed by atoms with Crippen LogP contribution in [0.15, 0.2) is 28.7 Å². The molecule has 1 spiro atoms. The van der Waals surface area contributed by atoms with Crippen LogP contribution < -0.4 is 5.32 Å². The van der Waals surface area contributed by atoms with Crippen LogP contribution in [0.1, 0.15) is 50.5 Å². The van der Waals surface area contributed by atoms with E-state index in [9.17, 15) is 0 Å². The lowest BCUT2D eigenvalue weighted by Crippen LogP contribution is -2.58. The lowest BCUT2D eigenvalue weighted by Gasteiger charge is -2.45. The number of nitrogens with one attached hydrogen (secondary N) is 1. The molecule has 0 bridgehead atoms. The van der Waals surface area contributed by atoms with Crippen molar-refractivity contribution in [3.05, 3.63) is 34.3 Å². The monoisotopic (exact) mass is 349 g/mol. The molecule has 1 aromatic carbocycles. The van der Waals surface area contributed by atoms with Gasteiger partial charge in [-0.05, 0) is 43.7 Å². The zero-order chi connectivity index (χ0) is 14.3. The Labute approximate surface area is 135 Å². The van der Waals surface area contributed by atoms with E-state index in [1.165, 1.54) is 55.0 Å². The van der Waals surface area contributed by atoms with Crippen LogP contribution in [0.3, 0.4) is 0 Å². The van der Waals surface area contributed by atoms with Gasteiger partial charge in [0.25, 0.3) is 0 Å². The van der Waals surface area contributed by atoms with Crippen LogP contribution in [0.4, 0.5) is 0 Å². The summed E-state index contributed by atoms with van der Waals surface area (Å²) in [7, 11) is 0. The zero-order valence-electron chi connectivity index (χ0n) is 12.5. The molecule has 2 aliphatic heterocycles. The summed E-state index contributed by atoms with van der Waals surface area (Å²) in [5.74, 6) is 0. The summed E-state index contributed by atoms with van der Waals surface area (Å²) in [4.78, 5) is 0. The molecule has 1 N–H and O–H groups in total. The Bertz CT molecular complexity index is 520. The topological polar surface area (TPSA) is 21.3 Å². The van der Waals surface area contributed by atoms with Gasteiger partial charge in [0.1, 0.15) is 0 Å². The normalized spacial score (nSPS) is 29.7. The Balaban J connectivity index is 1.51. The maximum absolute atomic E-state index is 6.56. The number of hydrogen-bond acceptors (Lipinski definition) is 2. The van der Waals surface area contributed by atoms with Gasteiger partial charge in [-0.3, -0.25) is 0 Å². The van der Waals surface area contributed by atoms with E-state index in [1.54, 1.807) is 0 Å². The van der Waals surface area contributed by atoms with Crippen molar-refractivity contribution >= 4 is 15.9 Å². The molecule has 1 aliphatic carbocycles. The highest BCUT2D eigenvalue weighted by molar-refractivity contribution is 9.10. The van der Waals surface area contributed by atoms with Gasteiger partial charge in [-0.1, -0.05) is 47.0 Å². The van der Waals surface area contributed by atoms with Gasteiger partial charge in [-0.25, -0.2) is 0 Å². The van der Waals surface area contributed by atoms with Crippen LogP contribution in [-0.2, 0) is 10.2 Å². The lowest BCUT2D eigenvalue weighted by molar-refractivity contribution is -0.0502. The van der Waals surface area contributed by atoms with E-state index < -0.39 is 0 Å². The van der Waals surface area contributed by atoms with E-state index in [0.29, 0.717) is 6.10 Å². The summed E-state index contributed by atoms with van der Waals surface area (Å²) < 4.78 is 7.81. The minimum Gasteiger partial charge on any atom is -0.372 e. The predicted molar refractivity (Wildman–Crippen MR) is 88.6 cm³/mol. The van der Waals surface area contributed by atoms with Crippen molar-refractivity contribution in [2.24, 2.45) is 0 Å². The molecule has 4 rings (SSSR count). The van der Waals surface area contributed by atoms with Crippen molar-refractivity contribution in [2.75, 3.05) is 13.1 Å². The third-order valence-electron chi connectivity index (χ3n) is 5.84. The highest BCUT2D eigenvalue weighted by Gasteiger charge is 2.47. The molecule has 1 atom stereocenters. The van der Waals surface area contributed by atoms with Gasteiger partial charge in [-0.15, -0.1) is 0 Å². The first-order valence-corrected chi connectivity index (χ1v) is 9.14. The molecule has 0 amide bonds. The smallest absolute Gasteiger partial charge is 0.0687 e. The Morgan fingerprint density at radius 2 is 1.90 bits per heavy atom. The molecular weight excluding hydrogens is 326 g/mol. The summed E-state index contributed by atoms with van der Waals surface area (Å²) in [6.45, 7) is 2.17. The van der Waals surface area contributed by atoms with E-state index in [4.69, 9.17) is 4.74 Å². The van der Waals surface area contributed by atoms with Crippen LogP contribution in [-0.4, -0.2) is 24.8 Å². The van der Waals surface area contributed by atoms with Crippen LogP contribution in [0.2, 0.25) is 0 Å². The molecule has 2 saturated heterocycles. The predicted octanol–water partition coefficient (Wildman–Crippen LogP) is 4.17. The molecular formula is C18H24BrNO. The quantitative estimate of drug-likeness (QED) is 0.883. The van der Waals surface area contributed by atoms with Gasteiger partial charge in [-0.2, -0.15) is 0 Å². The Kier molecular flexibility index (Phi) is 3.63. The van der Waals surface area contributed by atoms with E-state index in [-0.39, 0.29) is 11.0 Å². The van der Waals surface area contributed by atoms with Crippen LogP contribution >= 0.6 is 15.9 Å². The average molecular weight is 350 g/mol. The van der Waals surface area contributed by atoms with Gasteiger partial charge in [0.05, 0.1) is 11.7 Å². The summed E-state index contributed by atoms with van der Waals surface area (Å²) in [5.41, 5.74) is 1.99. The van der Waals surface area contributed by atoms with Crippen molar-refractivity contribution in [3.8, 4) is 0 Å². The molecule has 114 valence electrons. The molecule has 0 radical (unpaired) electrons. The molecule has 2 nitrogen and oxygen atoms in total. The minimum atomic E-state index is 0.261. The van der Waals surface area contributed by atoms with Gasteiger partial charge in [0, 0.05) is 23.0 Å². The Hall–Kier alpha value is -0.380. The molecule has 2 heterocycles. The van der Waals surface area contributed by atoms with Crippen molar-refractivity contribution in [2.45, 2.75) is 62.1 Å². The number of ether oxygens (including phenoxy) is 1. The average Bonchev–Trinajstić information content (AvgIpc) is 3.06. The SMILES string of the molecule is Brc1ccccc1C1(CC2CCC3(CCCC3)O2)CNC1. The van der Waals surface area contributed by atoms with Crippen molar-refractivity contribution in [3.63, 3.8) is 0 Å². The van der Waals surface area contributed by atoms with Crippen molar-refractivity contribution in [1.29, 1.82) is 0 Å². The van der Waals surface area contributed by atoms with E-state index >= 15 is 0 Å². The maximum Gasteiger partial charge on any atom is 0.0687 e. The molecule has 1 unspecified atom stereocenters. The second kappa shape index (κ2) is 5.36. The third kappa shape index (κ3) is 2.47. The van der Waals surface area contributed by atoms with Crippen LogP contribution in [0.5, 0.6) is 0 Å². The number of benzene rings is 1. The first-order valence-electron chi connectivity index (χ1n) is 8.35. The minimum absolute atomic E-state index is 0.261. The standard InChI is InChI=1S/C18H24BrNO/c19-16-6-2-1-5-15(16)17(12-20-13-17)11-14-7-10-18(21-14)8-3-4-9-18/h1-2,5-6,14,20H,3-4,7-13H2. The molecule has 3 fully saturated rings. The largest absolute Gasteiger partial charge is 0.372 e. The third-order valence-corrected chi connectivity index (χ3v) is 6.54. The summed E-state index contributed by atoms with van der Waals surface area (Å²) in [6, 6.07) is 8.72. The molecule has 0 aromatic heterocycles. The van der Waals surface area contributed by atoms with Crippen LogP contribution in [0.25, 0.3) is 0 Å². The van der Waals surface area contributed by atoms with Gasteiger partial charge < -0.3 is 10.1 Å². The number of hydrogen-bond donors (Lipinski definition) is 1. The van der Waals surface area contributed by atoms with Crippen molar-refractivity contribution in [1.82, 2.24) is 5.32 Å². The second-order valence-electron chi connectivity index (χ2n) is 7.24. The molecule has 1 saturated carbocycles. The lowest BCUT2D eigenvalue weighted by atomic mass is 9.71. The molecule has 1 aromatic rings. The number of rotatable bonds is 3. The Morgan fingerprint density at radius 3 is 2.57 bits per heavy atom. The van der Waals surface area contributed by atoms with E-state index in [0.717, 1.165) is 13.1 Å². The second-order valence-corrected chi connectivity index (χ2v) is 8.09. The fourth-order valence-corrected chi connectivity index (χ4v) is 5.33. The summed E-state index contributed by atoms with van der Waals surface area (Å²) >= 11 is 3.75. The first kappa shape index (κ1) is 14.2. The highest BCUT2D eigenvalue weighted by atomic mass is 79.9. The maximum atomic E-state index is 6.56. The highest BCUT2D eigenvalue weighted by Crippen LogP contribution is 2.47. The van der Waals surface area contributed by atoms with E-state index in [2.05, 4.69) is 45.5 Å². The Morgan fingerprint density at radius 1 is 1.14 bits per heavy atom. The van der Waals surface area contributed by atoms with Gasteiger partial charge in [0.2, 0.25) is 0 Å². The molecule has 21 heavy (non-hydrogen) atoms. The van der Waals surface area contributed by atoms with E-state index in [1.807, 2.05) is 0 Å². The summed E-state index contributed by atoms with van der Waals surface area (Å²) in [5, 5.41) is 3.49. The van der Waals surface area contributed by atoms with Crippen molar-refractivity contribution < 1.29 is 4.74 Å². The number of halogens is 1. The molecule has 3 heteroatoms. The van der Waals surface area contributed by atoms with Crippen LogP contribution in [0, 0.1) is 0 Å². The van der Waals surface area contributed by atoms with Gasteiger partial charge in [0.15, 0.2) is 0 Å². The summed E-state index contributed by atoms with van der Waals surface area (Å²) in [6.07, 6.45) is 9.49. The fraction of sp³-hybridized carbons (Fsp3) is 0.667. The molecule has 3 aliphatic rings. The zero-order valence-corrected chi connectivity index (χ0v) is 14.1.